The monoisotopic (exact) mass is 251 g/mol. The summed E-state index contributed by atoms with van der Waals surface area (Å²) in [6, 6.07) is 4.53. The second kappa shape index (κ2) is 5.74. The van der Waals surface area contributed by atoms with Crippen LogP contribution in [0.25, 0.3) is 10.4 Å². The van der Waals surface area contributed by atoms with Gasteiger partial charge in [-0.1, -0.05) is 38.9 Å². The van der Waals surface area contributed by atoms with Crippen LogP contribution in [0.5, 0.6) is 5.75 Å². The van der Waals surface area contributed by atoms with Gasteiger partial charge in [0, 0.05) is 4.91 Å². The number of benzene rings is 1. The Morgan fingerprint density at radius 1 is 1.44 bits per heavy atom. The van der Waals surface area contributed by atoms with E-state index in [1.165, 1.54) is 6.07 Å². The highest BCUT2D eigenvalue weighted by atomic mass is 19.1. The van der Waals surface area contributed by atoms with Crippen molar-refractivity contribution in [3.05, 3.63) is 40.0 Å². The summed E-state index contributed by atoms with van der Waals surface area (Å²) < 4.78 is 19.0. The molecular formula is C13H18FN3O. The van der Waals surface area contributed by atoms with Crippen LogP contribution in [0.15, 0.2) is 23.3 Å². The maximum absolute atomic E-state index is 13.6. The van der Waals surface area contributed by atoms with Crippen molar-refractivity contribution in [3.63, 3.8) is 0 Å². The van der Waals surface area contributed by atoms with Crippen LogP contribution >= 0.6 is 0 Å². The molecule has 0 aliphatic heterocycles. The Morgan fingerprint density at radius 3 is 2.67 bits per heavy atom. The average molecular weight is 251 g/mol. The number of hydrogen-bond donors (Lipinski definition) is 0. The first kappa shape index (κ1) is 14.3. The first-order valence-electron chi connectivity index (χ1n) is 5.86. The van der Waals surface area contributed by atoms with Gasteiger partial charge in [-0.15, -0.1) is 0 Å². The van der Waals surface area contributed by atoms with Gasteiger partial charge in [-0.25, -0.2) is 4.39 Å². The summed E-state index contributed by atoms with van der Waals surface area (Å²) in [5.41, 5.74) is 8.52. The van der Waals surface area contributed by atoms with Gasteiger partial charge >= 0.3 is 0 Å². The first-order valence-corrected chi connectivity index (χ1v) is 5.86. The average Bonchev–Trinajstić information content (AvgIpc) is 2.27. The minimum atomic E-state index is -0.724. The van der Waals surface area contributed by atoms with Gasteiger partial charge in [-0.05, 0) is 29.1 Å². The Balaban J connectivity index is 3.03. The summed E-state index contributed by atoms with van der Waals surface area (Å²) in [6.45, 7) is 7.97. The SMILES string of the molecule is CC(C)COc1cc(C(C)(C)N=[N+]=[N-])ccc1F. The third-order valence-electron chi connectivity index (χ3n) is 2.50. The van der Waals surface area contributed by atoms with Gasteiger partial charge in [0.2, 0.25) is 0 Å². The molecule has 1 aromatic rings. The van der Waals surface area contributed by atoms with Crippen LogP contribution in [0.4, 0.5) is 4.39 Å². The van der Waals surface area contributed by atoms with Gasteiger partial charge in [-0.2, -0.15) is 0 Å². The molecule has 1 aromatic carbocycles. The fraction of sp³-hybridized carbons (Fsp3) is 0.538. The van der Waals surface area contributed by atoms with E-state index in [4.69, 9.17) is 10.3 Å². The number of nitrogens with zero attached hydrogens (tertiary/aromatic N) is 3. The molecule has 0 fully saturated rings. The second-order valence-electron chi connectivity index (χ2n) is 5.10. The fourth-order valence-corrected chi connectivity index (χ4v) is 1.42. The van der Waals surface area contributed by atoms with E-state index in [0.29, 0.717) is 12.5 Å². The summed E-state index contributed by atoms with van der Waals surface area (Å²) in [7, 11) is 0. The van der Waals surface area contributed by atoms with Crippen molar-refractivity contribution in [2.45, 2.75) is 33.2 Å². The molecule has 0 saturated heterocycles. The Labute approximate surface area is 106 Å². The lowest BCUT2D eigenvalue weighted by molar-refractivity contribution is 0.258. The predicted molar refractivity (Wildman–Crippen MR) is 68.9 cm³/mol. The second-order valence-corrected chi connectivity index (χ2v) is 5.10. The summed E-state index contributed by atoms with van der Waals surface area (Å²) in [4.78, 5) is 2.80. The Kier molecular flexibility index (Phi) is 4.56. The van der Waals surface area contributed by atoms with Gasteiger partial charge in [-0.3, -0.25) is 0 Å². The molecule has 4 nitrogen and oxygen atoms in total. The standard InChI is InChI=1S/C13H18FN3O/c1-9(2)8-18-12-7-10(5-6-11(12)14)13(3,4)16-17-15/h5-7,9H,8H2,1-4H3. The molecule has 98 valence electrons. The van der Waals surface area contributed by atoms with E-state index in [0.717, 1.165) is 5.56 Å². The summed E-state index contributed by atoms with van der Waals surface area (Å²) in [6.07, 6.45) is 0. The number of ether oxygens (including phenoxy) is 1. The number of rotatable bonds is 5. The molecule has 0 bridgehead atoms. The summed E-state index contributed by atoms with van der Waals surface area (Å²) in [5.74, 6) is 0.108. The van der Waals surface area contributed by atoms with Crippen molar-refractivity contribution in [2.75, 3.05) is 6.61 Å². The minimum absolute atomic E-state index is 0.197. The van der Waals surface area contributed by atoms with Crippen LogP contribution in [0.3, 0.4) is 0 Å². The van der Waals surface area contributed by atoms with Crippen LogP contribution < -0.4 is 4.74 Å². The molecule has 5 heteroatoms. The van der Waals surface area contributed by atoms with Crippen LogP contribution in [0.2, 0.25) is 0 Å². The van der Waals surface area contributed by atoms with E-state index in [9.17, 15) is 4.39 Å². The van der Waals surface area contributed by atoms with E-state index >= 15 is 0 Å². The van der Waals surface area contributed by atoms with Crippen LogP contribution in [0.1, 0.15) is 33.3 Å². The molecule has 0 atom stereocenters. The Morgan fingerprint density at radius 2 is 2.11 bits per heavy atom. The Hall–Kier alpha value is -1.74. The van der Waals surface area contributed by atoms with E-state index in [-0.39, 0.29) is 5.75 Å². The highest BCUT2D eigenvalue weighted by Crippen LogP contribution is 2.29. The first-order chi connectivity index (χ1) is 8.36. The lowest BCUT2D eigenvalue weighted by atomic mass is 9.95. The molecule has 0 saturated carbocycles. The molecule has 0 N–H and O–H groups in total. The van der Waals surface area contributed by atoms with Crippen molar-refractivity contribution in [3.8, 4) is 5.75 Å². The van der Waals surface area contributed by atoms with Crippen molar-refractivity contribution < 1.29 is 9.13 Å². The number of hydrogen-bond acceptors (Lipinski definition) is 2. The van der Waals surface area contributed by atoms with Crippen molar-refractivity contribution >= 4 is 0 Å². The molecule has 0 aliphatic carbocycles. The lowest BCUT2D eigenvalue weighted by Crippen LogP contribution is -2.13. The van der Waals surface area contributed by atoms with E-state index < -0.39 is 11.4 Å². The third-order valence-corrected chi connectivity index (χ3v) is 2.50. The van der Waals surface area contributed by atoms with E-state index in [2.05, 4.69) is 10.0 Å². The van der Waals surface area contributed by atoms with Gasteiger partial charge < -0.3 is 4.74 Å². The van der Waals surface area contributed by atoms with Crippen LogP contribution in [-0.2, 0) is 5.54 Å². The quantitative estimate of drug-likeness (QED) is 0.434. The molecule has 0 aromatic heterocycles. The number of halogens is 1. The van der Waals surface area contributed by atoms with E-state index in [1.54, 1.807) is 26.0 Å². The number of azide groups is 1. The maximum Gasteiger partial charge on any atom is 0.165 e. The normalized spacial score (nSPS) is 11.2. The summed E-state index contributed by atoms with van der Waals surface area (Å²) >= 11 is 0. The van der Waals surface area contributed by atoms with Crippen LogP contribution in [0, 0.1) is 11.7 Å². The van der Waals surface area contributed by atoms with Gasteiger partial charge in [0.05, 0.1) is 12.1 Å². The van der Waals surface area contributed by atoms with Crippen molar-refractivity contribution in [1.29, 1.82) is 0 Å². The molecular weight excluding hydrogens is 233 g/mol. The predicted octanol–water partition coefficient (Wildman–Crippen LogP) is 4.41. The van der Waals surface area contributed by atoms with E-state index in [1.807, 2.05) is 13.8 Å². The fourth-order valence-electron chi connectivity index (χ4n) is 1.42. The minimum Gasteiger partial charge on any atom is -0.490 e. The third kappa shape index (κ3) is 3.64. The molecule has 0 radical (unpaired) electrons. The Bertz CT molecular complexity index is 465. The van der Waals surface area contributed by atoms with Crippen LogP contribution in [-0.4, -0.2) is 6.61 Å². The van der Waals surface area contributed by atoms with Gasteiger partial charge in [0.25, 0.3) is 0 Å². The molecule has 1 rings (SSSR count). The smallest absolute Gasteiger partial charge is 0.165 e. The lowest BCUT2D eigenvalue weighted by Gasteiger charge is -2.20. The topological polar surface area (TPSA) is 58.0 Å². The zero-order valence-electron chi connectivity index (χ0n) is 11.1. The highest BCUT2D eigenvalue weighted by molar-refractivity contribution is 5.34. The molecule has 0 amide bonds. The molecule has 0 spiro atoms. The molecule has 18 heavy (non-hydrogen) atoms. The van der Waals surface area contributed by atoms with Gasteiger partial charge in [0.1, 0.15) is 0 Å². The maximum atomic E-state index is 13.6. The largest absolute Gasteiger partial charge is 0.490 e. The zero-order chi connectivity index (χ0) is 13.8. The molecule has 0 heterocycles. The van der Waals surface area contributed by atoms with Crippen molar-refractivity contribution in [2.24, 2.45) is 11.0 Å². The van der Waals surface area contributed by atoms with Gasteiger partial charge in [0.15, 0.2) is 11.6 Å². The molecule has 0 unspecified atom stereocenters. The summed E-state index contributed by atoms with van der Waals surface area (Å²) in [5, 5.41) is 3.70. The molecule has 0 aliphatic rings. The van der Waals surface area contributed by atoms with Crippen molar-refractivity contribution in [1.82, 2.24) is 0 Å². The zero-order valence-corrected chi connectivity index (χ0v) is 11.1. The highest BCUT2D eigenvalue weighted by Gasteiger charge is 2.20.